The maximum absolute atomic E-state index is 14.9. The molecule has 0 aromatic heterocycles. The fourth-order valence-corrected chi connectivity index (χ4v) is 10.5. The van der Waals surface area contributed by atoms with Gasteiger partial charge in [-0.15, -0.1) is 0 Å². The monoisotopic (exact) mass is 899 g/mol. The molecule has 0 amide bonds. The first-order valence-electron chi connectivity index (χ1n) is 23.0. The number of ether oxygens (including phenoxy) is 10. The number of hydrogen-bond acceptors (Lipinski definition) is 17. The van der Waals surface area contributed by atoms with E-state index in [2.05, 4.69) is 24.8 Å². The van der Waals surface area contributed by atoms with Gasteiger partial charge in [-0.3, -0.25) is 14.5 Å². The molecular weight excluding hydrogens is 817 g/mol. The molecule has 17 heteroatoms. The Labute approximate surface area is 377 Å². The second kappa shape index (κ2) is 22.2. The number of aliphatic hydroxyl groups is 1. The molecule has 19 atom stereocenters. The summed E-state index contributed by atoms with van der Waals surface area (Å²) >= 11 is 0. The zero-order valence-electron chi connectivity index (χ0n) is 41.3. The van der Waals surface area contributed by atoms with E-state index in [1.807, 2.05) is 86.6 Å². The highest BCUT2D eigenvalue weighted by Gasteiger charge is 2.58. The van der Waals surface area contributed by atoms with Crippen LogP contribution in [0.15, 0.2) is 0 Å². The molecule has 4 rings (SSSR count). The van der Waals surface area contributed by atoms with Gasteiger partial charge in [-0.05, 0) is 109 Å². The summed E-state index contributed by atoms with van der Waals surface area (Å²) in [4.78, 5) is 33.6. The van der Waals surface area contributed by atoms with Gasteiger partial charge in [-0.1, -0.05) is 20.8 Å². The smallest absolute Gasteiger partial charge is 0.311 e. The third-order valence-electron chi connectivity index (χ3n) is 13.9. The van der Waals surface area contributed by atoms with Gasteiger partial charge in [0.25, 0.3) is 0 Å². The average molecular weight is 899 g/mol. The van der Waals surface area contributed by atoms with Crippen LogP contribution in [-0.2, 0) is 57.0 Å². The van der Waals surface area contributed by atoms with Crippen molar-refractivity contribution in [1.29, 1.82) is 5.26 Å². The third kappa shape index (κ3) is 12.5. The van der Waals surface area contributed by atoms with Crippen molar-refractivity contribution in [1.82, 2.24) is 14.7 Å². The van der Waals surface area contributed by atoms with E-state index in [9.17, 15) is 20.0 Å². The van der Waals surface area contributed by atoms with E-state index in [4.69, 9.17) is 47.4 Å². The van der Waals surface area contributed by atoms with Gasteiger partial charge in [0.1, 0.15) is 23.9 Å². The lowest BCUT2D eigenvalue weighted by atomic mass is 9.77. The number of carbonyl (C=O) groups is 2. The molecular formula is C46H82N4O13. The van der Waals surface area contributed by atoms with Crippen LogP contribution >= 0.6 is 0 Å². The Morgan fingerprint density at radius 1 is 0.968 bits per heavy atom. The number of carbonyl (C=O) groups excluding carboxylic acids is 2. The van der Waals surface area contributed by atoms with Crippen LogP contribution in [0.1, 0.15) is 108 Å². The normalized spacial score (nSPS) is 44.9. The lowest BCUT2D eigenvalue weighted by Crippen LogP contribution is -2.61. The van der Waals surface area contributed by atoms with Crippen LogP contribution in [0.25, 0.3) is 0 Å². The van der Waals surface area contributed by atoms with Crippen molar-refractivity contribution in [2.75, 3.05) is 55.5 Å². The lowest BCUT2D eigenvalue weighted by Gasteiger charge is -2.49. The van der Waals surface area contributed by atoms with Crippen molar-refractivity contribution in [2.45, 2.75) is 205 Å². The summed E-state index contributed by atoms with van der Waals surface area (Å²) in [5.41, 5.74) is -3.49. The molecule has 0 aromatic carbocycles. The minimum absolute atomic E-state index is 0.0846. The summed E-state index contributed by atoms with van der Waals surface area (Å²) < 4.78 is 65.1. The first-order chi connectivity index (χ1) is 29.3. The van der Waals surface area contributed by atoms with Crippen LogP contribution in [0.2, 0.25) is 0 Å². The fourth-order valence-electron chi connectivity index (χ4n) is 10.5. The van der Waals surface area contributed by atoms with Gasteiger partial charge in [0, 0.05) is 39.0 Å². The van der Waals surface area contributed by atoms with Gasteiger partial charge >= 0.3 is 11.9 Å². The molecule has 0 spiro atoms. The second-order valence-corrected chi connectivity index (χ2v) is 20.0. The Morgan fingerprint density at radius 2 is 1.63 bits per heavy atom. The Morgan fingerprint density at radius 3 is 2.21 bits per heavy atom. The number of esters is 2. The molecule has 4 saturated heterocycles. The fraction of sp³-hybridized carbons (Fsp3) is 0.935. The maximum atomic E-state index is 14.9. The number of hydrogen-bond donors (Lipinski definition) is 1. The molecule has 4 aliphatic heterocycles. The van der Waals surface area contributed by atoms with Crippen molar-refractivity contribution in [3.05, 3.63) is 0 Å². The number of nitrogens with zero attached hydrogens (tertiary/aromatic N) is 4. The highest BCUT2D eigenvalue weighted by molar-refractivity contribution is 5.73. The first kappa shape index (κ1) is 53.6. The molecule has 0 bridgehead atoms. The largest absolute Gasteiger partial charge is 0.459 e. The summed E-state index contributed by atoms with van der Waals surface area (Å²) in [7, 11) is 11.2. The molecule has 2 unspecified atom stereocenters. The highest BCUT2D eigenvalue weighted by atomic mass is 16.8. The van der Waals surface area contributed by atoms with E-state index in [1.54, 1.807) is 21.0 Å². The predicted molar refractivity (Wildman–Crippen MR) is 233 cm³/mol. The third-order valence-corrected chi connectivity index (χ3v) is 13.9. The summed E-state index contributed by atoms with van der Waals surface area (Å²) in [6.45, 7) is 21.3. The number of nitriles is 1. The van der Waals surface area contributed by atoms with Crippen LogP contribution in [0.5, 0.6) is 0 Å². The number of rotatable bonds is 12. The van der Waals surface area contributed by atoms with Gasteiger partial charge < -0.3 is 62.3 Å². The zero-order valence-corrected chi connectivity index (χ0v) is 41.3. The average Bonchev–Trinajstić information content (AvgIpc) is 3.56. The molecule has 0 radical (unpaired) electrons. The number of methoxy groups -OCH3 is 1. The topological polar surface area (TPSA) is 180 Å². The van der Waals surface area contributed by atoms with Crippen molar-refractivity contribution in [3.8, 4) is 6.07 Å². The molecule has 364 valence electrons. The molecule has 63 heavy (non-hydrogen) atoms. The zero-order chi connectivity index (χ0) is 47.4. The van der Waals surface area contributed by atoms with E-state index >= 15 is 0 Å². The number of cyclic esters (lactones) is 1. The van der Waals surface area contributed by atoms with Crippen LogP contribution in [0, 0.1) is 29.1 Å². The molecule has 4 fully saturated rings. The Kier molecular flexibility index (Phi) is 18.8. The van der Waals surface area contributed by atoms with E-state index in [0.717, 1.165) is 0 Å². The standard InChI is InChI=1S/C46H82N4O13/c1-18-34-46(11)39(62-43(63-46)49(14)15)30(6)50(16)25-26(2)23-44(9,53)38(61-42-37(58-32(8)51)33(48(12)13)22-27(3)56-42)28(4)36(29(5)41(52)59-34)60-35-24-45(10,54-17)40(31(7)57-35)55-21-19-20-47/h26-31,33-40,42-43,53H,18-19,21-25H2,1-17H3/t26-,27-,28+,29-,30-,31+,33+,34-,35+,36?,37-,38-,39-,40+,42+,43?,44-,45-,46-/m1/s1. The van der Waals surface area contributed by atoms with E-state index < -0.39 is 102 Å². The Bertz CT molecular complexity index is 1530. The van der Waals surface area contributed by atoms with Crippen LogP contribution < -0.4 is 0 Å². The Balaban J connectivity index is 1.87. The molecule has 0 aromatic rings. The molecule has 17 nitrogen and oxygen atoms in total. The quantitative estimate of drug-likeness (QED) is 0.216. The minimum atomic E-state index is -1.56. The SMILES string of the molecule is CC[C@H]1OC(=O)[C@H](C)C(O[C@H]2C[C@@](C)(OC)[C@@H](OCCC#N)[C@H](C)O2)[C@H](C)[C@@H](O[C@@H]2O[C@H](C)C[C@H](N(C)C)[C@H]2OC(C)=O)[C@](C)(O)C[C@@H](C)CN(C)[C@H](C)[C@H]2OC(N(C)C)O[C@@]21C. The van der Waals surface area contributed by atoms with E-state index in [-0.39, 0.29) is 50.0 Å². The van der Waals surface area contributed by atoms with E-state index in [1.165, 1.54) is 6.92 Å². The molecule has 1 N–H and O–H groups in total. The van der Waals surface area contributed by atoms with Gasteiger partial charge in [-0.25, -0.2) is 0 Å². The molecule has 4 aliphatic rings. The van der Waals surface area contributed by atoms with Crippen LogP contribution in [0.4, 0.5) is 0 Å². The first-order valence-corrected chi connectivity index (χ1v) is 23.0. The van der Waals surface area contributed by atoms with Crippen molar-refractivity contribution >= 4 is 11.9 Å². The van der Waals surface area contributed by atoms with Crippen LogP contribution in [-0.4, -0.2) is 184 Å². The van der Waals surface area contributed by atoms with Gasteiger partial charge in [-0.2, -0.15) is 5.26 Å². The highest BCUT2D eigenvalue weighted by Crippen LogP contribution is 2.43. The number of fused-ring (bicyclic) bond motifs is 1. The van der Waals surface area contributed by atoms with E-state index in [0.29, 0.717) is 19.4 Å². The summed E-state index contributed by atoms with van der Waals surface area (Å²) in [5.74, 6) is -2.80. The number of likely N-dealkylation sites (N-methyl/N-ethyl adjacent to an activating group) is 2. The van der Waals surface area contributed by atoms with Crippen molar-refractivity contribution in [3.63, 3.8) is 0 Å². The molecule has 4 heterocycles. The minimum Gasteiger partial charge on any atom is -0.459 e. The van der Waals surface area contributed by atoms with Crippen LogP contribution in [0.3, 0.4) is 0 Å². The summed E-state index contributed by atoms with van der Waals surface area (Å²) in [6, 6.07) is 1.67. The van der Waals surface area contributed by atoms with Gasteiger partial charge in [0.15, 0.2) is 18.7 Å². The molecule has 0 aliphatic carbocycles. The maximum Gasteiger partial charge on any atom is 0.311 e. The Hall–Kier alpha value is -2.05. The lowest BCUT2D eigenvalue weighted by molar-refractivity contribution is -0.321. The summed E-state index contributed by atoms with van der Waals surface area (Å²) in [6.07, 6.45) is -6.34. The molecule has 0 saturated carbocycles. The van der Waals surface area contributed by atoms with Crippen molar-refractivity contribution in [2.24, 2.45) is 17.8 Å². The van der Waals surface area contributed by atoms with Gasteiger partial charge in [0.2, 0.25) is 6.41 Å². The summed E-state index contributed by atoms with van der Waals surface area (Å²) in [5, 5.41) is 22.1. The second-order valence-electron chi connectivity index (χ2n) is 20.0. The van der Waals surface area contributed by atoms with Gasteiger partial charge in [0.05, 0.1) is 66.7 Å². The van der Waals surface area contributed by atoms with Crippen molar-refractivity contribution < 1.29 is 62.1 Å². The predicted octanol–water partition coefficient (Wildman–Crippen LogP) is 4.32.